The van der Waals surface area contributed by atoms with Crippen molar-refractivity contribution in [1.29, 1.82) is 0 Å². The lowest BCUT2D eigenvalue weighted by molar-refractivity contribution is -0.140. The van der Waals surface area contributed by atoms with E-state index in [0.717, 1.165) is 51.3 Å². The summed E-state index contributed by atoms with van der Waals surface area (Å²) in [5, 5.41) is 0. The van der Waals surface area contributed by atoms with Gasteiger partial charge in [-0.05, 0) is 39.1 Å². The molecule has 3 aliphatic rings. The number of Topliss-reactive ketones (excluding diaryl/α,β-unsaturated/α-hetero) is 1. The summed E-state index contributed by atoms with van der Waals surface area (Å²) in [6, 6.07) is 0.0861. The maximum absolute atomic E-state index is 12.9. The third-order valence-corrected chi connectivity index (χ3v) is 6.37. The Balaban J connectivity index is 1.66. The molecule has 3 rings (SSSR count). The van der Waals surface area contributed by atoms with Crippen molar-refractivity contribution in [2.24, 2.45) is 5.92 Å². The first kappa shape index (κ1) is 14.8. The number of carbonyl (C=O) groups excluding carboxylic acids is 1. The first-order chi connectivity index (χ1) is 9.60. The summed E-state index contributed by atoms with van der Waals surface area (Å²) in [5.41, 5.74) is 0.0163. The van der Waals surface area contributed by atoms with Crippen molar-refractivity contribution < 1.29 is 9.53 Å². The van der Waals surface area contributed by atoms with Crippen molar-refractivity contribution in [3.05, 3.63) is 0 Å². The van der Waals surface area contributed by atoms with Crippen LogP contribution in [0.1, 0.15) is 19.3 Å². The first-order valence-electron chi connectivity index (χ1n) is 7.74. The standard InChI is InChI=1S/C15H26N2O2S/c1-16-5-6-17(2)13(10-16)14(18)12-3-7-19-15(9-12)4-8-20-11-15/h12-13H,3-11H2,1-2H3. The zero-order valence-corrected chi connectivity index (χ0v) is 13.5. The molecule has 3 atom stereocenters. The van der Waals surface area contributed by atoms with Gasteiger partial charge in [0.1, 0.15) is 0 Å². The lowest BCUT2D eigenvalue weighted by Gasteiger charge is -2.42. The molecular formula is C15H26N2O2S. The fourth-order valence-electron chi connectivity index (χ4n) is 3.72. The van der Waals surface area contributed by atoms with E-state index in [0.29, 0.717) is 5.78 Å². The van der Waals surface area contributed by atoms with Crippen LogP contribution in [0.5, 0.6) is 0 Å². The summed E-state index contributed by atoms with van der Waals surface area (Å²) in [5.74, 6) is 2.93. The Morgan fingerprint density at radius 3 is 2.95 bits per heavy atom. The van der Waals surface area contributed by atoms with Gasteiger partial charge in [-0.3, -0.25) is 9.69 Å². The smallest absolute Gasteiger partial charge is 0.154 e. The van der Waals surface area contributed by atoms with E-state index in [-0.39, 0.29) is 17.6 Å². The van der Waals surface area contributed by atoms with Gasteiger partial charge in [-0.15, -0.1) is 0 Å². The lowest BCUT2D eigenvalue weighted by atomic mass is 9.80. The summed E-state index contributed by atoms with van der Waals surface area (Å²) in [7, 11) is 4.21. The second-order valence-corrected chi connectivity index (χ2v) is 7.79. The van der Waals surface area contributed by atoms with E-state index in [4.69, 9.17) is 4.74 Å². The predicted octanol–water partition coefficient (Wildman–Crippen LogP) is 1.10. The minimum Gasteiger partial charge on any atom is -0.374 e. The van der Waals surface area contributed by atoms with Gasteiger partial charge >= 0.3 is 0 Å². The number of rotatable bonds is 2. The molecule has 3 unspecified atom stereocenters. The van der Waals surface area contributed by atoms with Gasteiger partial charge < -0.3 is 9.64 Å². The number of hydrogen-bond acceptors (Lipinski definition) is 5. The molecule has 0 aromatic rings. The Morgan fingerprint density at radius 2 is 2.20 bits per heavy atom. The molecule has 20 heavy (non-hydrogen) atoms. The number of thioether (sulfide) groups is 1. The Morgan fingerprint density at radius 1 is 1.35 bits per heavy atom. The fraction of sp³-hybridized carbons (Fsp3) is 0.933. The molecule has 0 aromatic carbocycles. The van der Waals surface area contributed by atoms with Crippen molar-refractivity contribution in [3.8, 4) is 0 Å². The molecule has 0 aromatic heterocycles. The number of nitrogens with zero attached hydrogens (tertiary/aromatic N) is 2. The van der Waals surface area contributed by atoms with Crippen LogP contribution in [0.15, 0.2) is 0 Å². The van der Waals surface area contributed by atoms with Crippen LogP contribution < -0.4 is 0 Å². The average molecular weight is 298 g/mol. The monoisotopic (exact) mass is 298 g/mol. The largest absolute Gasteiger partial charge is 0.374 e. The molecule has 4 nitrogen and oxygen atoms in total. The van der Waals surface area contributed by atoms with Gasteiger partial charge in [0.05, 0.1) is 11.6 Å². The molecular weight excluding hydrogens is 272 g/mol. The van der Waals surface area contributed by atoms with Crippen LogP contribution in [-0.2, 0) is 9.53 Å². The molecule has 0 aliphatic carbocycles. The first-order valence-corrected chi connectivity index (χ1v) is 8.89. The third-order valence-electron chi connectivity index (χ3n) is 5.14. The normalized spacial score (nSPS) is 40.3. The Kier molecular flexibility index (Phi) is 4.41. The maximum atomic E-state index is 12.9. The van der Waals surface area contributed by atoms with Gasteiger partial charge in [0.15, 0.2) is 5.78 Å². The number of hydrogen-bond donors (Lipinski definition) is 0. The second-order valence-electron chi connectivity index (χ2n) is 6.68. The van der Waals surface area contributed by atoms with Gasteiger partial charge in [0.2, 0.25) is 0 Å². The highest BCUT2D eigenvalue weighted by Crippen LogP contribution is 2.41. The second kappa shape index (κ2) is 5.95. The molecule has 0 N–H and O–H groups in total. The van der Waals surface area contributed by atoms with Crippen molar-refractivity contribution in [1.82, 2.24) is 9.80 Å². The summed E-state index contributed by atoms with van der Waals surface area (Å²) in [4.78, 5) is 17.4. The maximum Gasteiger partial charge on any atom is 0.154 e. The van der Waals surface area contributed by atoms with Gasteiger partial charge in [-0.1, -0.05) is 0 Å². The Labute approximate surface area is 126 Å². The predicted molar refractivity (Wildman–Crippen MR) is 82.3 cm³/mol. The van der Waals surface area contributed by atoms with Gasteiger partial charge in [0.25, 0.3) is 0 Å². The summed E-state index contributed by atoms with van der Waals surface area (Å²) >= 11 is 1.97. The quantitative estimate of drug-likeness (QED) is 0.762. The van der Waals surface area contributed by atoms with Crippen LogP contribution in [0.2, 0.25) is 0 Å². The molecule has 0 bridgehead atoms. The van der Waals surface area contributed by atoms with E-state index in [1.54, 1.807) is 0 Å². The van der Waals surface area contributed by atoms with Gasteiger partial charge in [0, 0.05) is 37.9 Å². The number of ketones is 1. The molecule has 3 fully saturated rings. The van der Waals surface area contributed by atoms with E-state index < -0.39 is 0 Å². The molecule has 3 saturated heterocycles. The van der Waals surface area contributed by atoms with E-state index in [1.807, 2.05) is 11.8 Å². The van der Waals surface area contributed by atoms with Crippen LogP contribution in [-0.4, -0.2) is 79.1 Å². The van der Waals surface area contributed by atoms with Crippen LogP contribution in [0.3, 0.4) is 0 Å². The van der Waals surface area contributed by atoms with Crippen LogP contribution >= 0.6 is 11.8 Å². The minimum atomic E-state index is 0.0163. The highest BCUT2D eigenvalue weighted by Gasteiger charge is 2.44. The van der Waals surface area contributed by atoms with E-state index >= 15 is 0 Å². The van der Waals surface area contributed by atoms with Gasteiger partial charge in [-0.25, -0.2) is 0 Å². The summed E-state index contributed by atoms with van der Waals surface area (Å²) < 4.78 is 6.05. The molecule has 114 valence electrons. The molecule has 0 amide bonds. The molecule has 3 heterocycles. The zero-order valence-electron chi connectivity index (χ0n) is 12.6. The number of ether oxygens (including phenoxy) is 1. The minimum absolute atomic E-state index is 0.0163. The van der Waals surface area contributed by atoms with Crippen LogP contribution in [0.25, 0.3) is 0 Å². The third kappa shape index (κ3) is 2.91. The van der Waals surface area contributed by atoms with Crippen molar-refractivity contribution in [3.63, 3.8) is 0 Å². The average Bonchev–Trinajstić information content (AvgIpc) is 2.88. The zero-order chi connectivity index (χ0) is 14.2. The molecule has 0 radical (unpaired) electrons. The topological polar surface area (TPSA) is 32.8 Å². The highest BCUT2D eigenvalue weighted by atomic mass is 32.2. The van der Waals surface area contributed by atoms with Crippen molar-refractivity contribution >= 4 is 17.5 Å². The highest BCUT2D eigenvalue weighted by molar-refractivity contribution is 7.99. The number of carbonyl (C=O) groups is 1. The molecule has 5 heteroatoms. The summed E-state index contributed by atoms with van der Waals surface area (Å²) in [6.45, 7) is 3.71. The van der Waals surface area contributed by atoms with Crippen molar-refractivity contribution in [2.75, 3.05) is 51.8 Å². The Bertz CT molecular complexity index is 371. The van der Waals surface area contributed by atoms with Gasteiger partial charge in [-0.2, -0.15) is 11.8 Å². The Hall–Kier alpha value is -0.100. The summed E-state index contributed by atoms with van der Waals surface area (Å²) in [6.07, 6.45) is 2.99. The van der Waals surface area contributed by atoms with Crippen molar-refractivity contribution in [2.45, 2.75) is 30.9 Å². The molecule has 1 spiro atoms. The fourth-order valence-corrected chi connectivity index (χ4v) is 5.10. The molecule has 3 aliphatic heterocycles. The molecule has 0 saturated carbocycles. The van der Waals surface area contributed by atoms with Crippen LogP contribution in [0, 0.1) is 5.92 Å². The van der Waals surface area contributed by atoms with E-state index in [9.17, 15) is 4.79 Å². The van der Waals surface area contributed by atoms with Crippen LogP contribution in [0.4, 0.5) is 0 Å². The SMILES string of the molecule is CN1CCN(C)C(C(=O)C2CCOC3(CCSC3)C2)C1. The van der Waals surface area contributed by atoms with E-state index in [2.05, 4.69) is 23.9 Å². The number of piperazine rings is 1. The van der Waals surface area contributed by atoms with E-state index in [1.165, 1.54) is 5.75 Å². The lowest BCUT2D eigenvalue weighted by Crippen LogP contribution is -2.56. The number of likely N-dealkylation sites (N-methyl/N-ethyl adjacent to an activating group) is 2.